The van der Waals surface area contributed by atoms with Gasteiger partial charge in [0.05, 0.1) is 10.7 Å². The summed E-state index contributed by atoms with van der Waals surface area (Å²) in [5, 5.41) is 4.00. The number of carbonyl (C=O) groups excluding carboxylic acids is 1. The molecule has 0 fully saturated rings. The highest BCUT2D eigenvalue weighted by atomic mass is 79.9. The number of halogens is 1. The number of aryl methyl sites for hydroxylation is 2. The third-order valence-corrected chi connectivity index (χ3v) is 4.73. The first-order valence-electron chi connectivity index (χ1n) is 9.01. The molecule has 6 heteroatoms. The zero-order chi connectivity index (χ0) is 19.8. The minimum Gasteiger partial charge on any atom is -0.482 e. The highest BCUT2D eigenvalue weighted by Gasteiger charge is 2.09. The first-order valence-corrected chi connectivity index (χ1v) is 9.80. The van der Waals surface area contributed by atoms with Crippen LogP contribution in [-0.2, 0) is 4.79 Å². The molecule has 27 heavy (non-hydrogen) atoms. The highest BCUT2D eigenvalue weighted by molar-refractivity contribution is 9.10. The standard InChI is InChI=1S/C21H26BrN3O2/c1-5-25(6-2)18-9-7-17(8-10-18)13-23-24-20(26)14-27-21-16(4)11-15(3)12-19(21)22/h7-13H,5-6,14H2,1-4H3,(H,24,26). The quantitative estimate of drug-likeness (QED) is 0.496. The van der Waals surface area contributed by atoms with Gasteiger partial charge in [-0.3, -0.25) is 4.79 Å². The summed E-state index contributed by atoms with van der Waals surface area (Å²) in [5.41, 5.74) is 6.70. The second-order valence-corrected chi connectivity index (χ2v) is 7.09. The molecule has 0 unspecified atom stereocenters. The number of amides is 1. The fourth-order valence-electron chi connectivity index (χ4n) is 2.79. The van der Waals surface area contributed by atoms with Gasteiger partial charge in [-0.25, -0.2) is 5.43 Å². The average molecular weight is 432 g/mol. The molecule has 144 valence electrons. The van der Waals surface area contributed by atoms with Crippen molar-refractivity contribution >= 4 is 33.7 Å². The number of hydrazone groups is 1. The van der Waals surface area contributed by atoms with Crippen LogP contribution in [-0.4, -0.2) is 31.8 Å². The fraction of sp³-hybridized carbons (Fsp3) is 0.333. The second kappa shape index (κ2) is 10.1. The Morgan fingerprint density at radius 2 is 1.85 bits per heavy atom. The molecule has 0 saturated carbocycles. The Balaban J connectivity index is 1.86. The average Bonchev–Trinajstić information content (AvgIpc) is 2.63. The molecule has 2 aromatic carbocycles. The van der Waals surface area contributed by atoms with E-state index in [9.17, 15) is 4.79 Å². The summed E-state index contributed by atoms with van der Waals surface area (Å²) >= 11 is 3.47. The number of anilines is 1. The highest BCUT2D eigenvalue weighted by Crippen LogP contribution is 2.30. The Hall–Kier alpha value is -2.34. The van der Waals surface area contributed by atoms with E-state index >= 15 is 0 Å². The van der Waals surface area contributed by atoms with E-state index in [1.807, 2.05) is 38.1 Å². The molecule has 1 amide bonds. The summed E-state index contributed by atoms with van der Waals surface area (Å²) in [7, 11) is 0. The number of carbonyl (C=O) groups is 1. The number of ether oxygens (including phenoxy) is 1. The summed E-state index contributed by atoms with van der Waals surface area (Å²) in [6.07, 6.45) is 1.62. The van der Waals surface area contributed by atoms with Crippen LogP contribution < -0.4 is 15.1 Å². The Bertz CT molecular complexity index is 777. The van der Waals surface area contributed by atoms with Crippen LogP contribution in [0.25, 0.3) is 0 Å². The molecule has 2 rings (SSSR count). The lowest BCUT2D eigenvalue weighted by molar-refractivity contribution is -0.123. The molecule has 0 aromatic heterocycles. The molecule has 0 aliphatic carbocycles. The molecule has 0 saturated heterocycles. The smallest absolute Gasteiger partial charge is 0.277 e. The molecule has 0 spiro atoms. The third-order valence-electron chi connectivity index (χ3n) is 4.15. The Kier molecular flexibility index (Phi) is 7.85. The molecular formula is C21H26BrN3O2. The van der Waals surface area contributed by atoms with Crippen molar-refractivity contribution in [2.75, 3.05) is 24.6 Å². The minimum absolute atomic E-state index is 0.0965. The topological polar surface area (TPSA) is 53.9 Å². The van der Waals surface area contributed by atoms with Gasteiger partial charge in [-0.1, -0.05) is 18.2 Å². The summed E-state index contributed by atoms with van der Waals surface area (Å²) in [6, 6.07) is 12.0. The molecule has 2 aromatic rings. The van der Waals surface area contributed by atoms with Gasteiger partial charge < -0.3 is 9.64 Å². The summed E-state index contributed by atoms with van der Waals surface area (Å²) in [6.45, 7) is 10.1. The molecule has 0 heterocycles. The zero-order valence-electron chi connectivity index (χ0n) is 16.3. The van der Waals surface area contributed by atoms with E-state index in [0.29, 0.717) is 5.75 Å². The molecular weight excluding hydrogens is 406 g/mol. The van der Waals surface area contributed by atoms with Crippen LogP contribution in [0.3, 0.4) is 0 Å². The normalized spacial score (nSPS) is 10.9. The number of hydrogen-bond donors (Lipinski definition) is 1. The molecule has 0 atom stereocenters. The minimum atomic E-state index is -0.308. The summed E-state index contributed by atoms with van der Waals surface area (Å²) in [5.74, 6) is 0.365. The van der Waals surface area contributed by atoms with E-state index in [1.165, 1.54) is 5.69 Å². The van der Waals surface area contributed by atoms with Gasteiger partial charge in [0, 0.05) is 18.8 Å². The SMILES string of the molecule is CCN(CC)c1ccc(C=NNC(=O)COc2c(C)cc(C)cc2Br)cc1. The third kappa shape index (κ3) is 6.10. The first-order chi connectivity index (χ1) is 12.9. The lowest BCUT2D eigenvalue weighted by Crippen LogP contribution is -2.25. The van der Waals surface area contributed by atoms with Gasteiger partial charge in [-0.15, -0.1) is 0 Å². The first kappa shape index (κ1) is 21.0. The number of nitrogens with one attached hydrogen (secondary N) is 1. The summed E-state index contributed by atoms with van der Waals surface area (Å²) in [4.78, 5) is 14.2. The van der Waals surface area contributed by atoms with Crippen molar-refractivity contribution < 1.29 is 9.53 Å². The van der Waals surface area contributed by atoms with Crippen LogP contribution in [0.15, 0.2) is 46.0 Å². The maximum Gasteiger partial charge on any atom is 0.277 e. The molecule has 0 bridgehead atoms. The van der Waals surface area contributed by atoms with Crippen LogP contribution in [0.1, 0.15) is 30.5 Å². The number of hydrogen-bond acceptors (Lipinski definition) is 4. The van der Waals surface area contributed by atoms with Gasteiger partial charge in [0.15, 0.2) is 6.61 Å². The van der Waals surface area contributed by atoms with E-state index in [4.69, 9.17) is 4.74 Å². The van der Waals surface area contributed by atoms with E-state index in [-0.39, 0.29) is 12.5 Å². The lowest BCUT2D eigenvalue weighted by Gasteiger charge is -2.20. The van der Waals surface area contributed by atoms with Gasteiger partial charge in [-0.2, -0.15) is 5.10 Å². The molecule has 5 nitrogen and oxygen atoms in total. The maximum atomic E-state index is 11.9. The number of benzene rings is 2. The van der Waals surface area contributed by atoms with Gasteiger partial charge >= 0.3 is 0 Å². The van der Waals surface area contributed by atoms with Crippen molar-refractivity contribution in [3.63, 3.8) is 0 Å². The zero-order valence-corrected chi connectivity index (χ0v) is 17.8. The van der Waals surface area contributed by atoms with Crippen LogP contribution in [0.5, 0.6) is 5.75 Å². The van der Waals surface area contributed by atoms with E-state index < -0.39 is 0 Å². The second-order valence-electron chi connectivity index (χ2n) is 6.24. The predicted molar refractivity (Wildman–Crippen MR) is 115 cm³/mol. The van der Waals surface area contributed by atoms with Crippen molar-refractivity contribution in [1.29, 1.82) is 0 Å². The maximum absolute atomic E-state index is 11.9. The summed E-state index contributed by atoms with van der Waals surface area (Å²) < 4.78 is 6.45. The molecule has 1 N–H and O–H groups in total. The molecule has 0 aliphatic rings. The van der Waals surface area contributed by atoms with E-state index in [1.54, 1.807) is 6.21 Å². The molecule has 0 aliphatic heterocycles. The van der Waals surface area contributed by atoms with Crippen LogP contribution in [0, 0.1) is 13.8 Å². The monoisotopic (exact) mass is 431 g/mol. The Morgan fingerprint density at radius 3 is 2.44 bits per heavy atom. The van der Waals surface area contributed by atoms with Gasteiger partial charge in [-0.05, 0) is 78.5 Å². The van der Waals surface area contributed by atoms with Crippen molar-refractivity contribution in [2.45, 2.75) is 27.7 Å². The van der Waals surface area contributed by atoms with Gasteiger partial charge in [0.25, 0.3) is 5.91 Å². The van der Waals surface area contributed by atoms with E-state index in [2.05, 4.69) is 57.3 Å². The van der Waals surface area contributed by atoms with E-state index in [0.717, 1.165) is 34.3 Å². The van der Waals surface area contributed by atoms with Crippen LogP contribution in [0.4, 0.5) is 5.69 Å². The fourth-order valence-corrected chi connectivity index (χ4v) is 3.58. The van der Waals surface area contributed by atoms with Gasteiger partial charge in [0.1, 0.15) is 5.75 Å². The van der Waals surface area contributed by atoms with Crippen LogP contribution >= 0.6 is 15.9 Å². The lowest BCUT2D eigenvalue weighted by atomic mass is 10.1. The Labute approximate surface area is 169 Å². The Morgan fingerprint density at radius 1 is 1.19 bits per heavy atom. The predicted octanol–water partition coefficient (Wildman–Crippen LogP) is 4.44. The molecule has 0 radical (unpaired) electrons. The number of nitrogens with zero attached hydrogens (tertiary/aromatic N) is 2. The van der Waals surface area contributed by atoms with Crippen molar-refractivity contribution in [1.82, 2.24) is 5.43 Å². The largest absolute Gasteiger partial charge is 0.482 e. The number of rotatable bonds is 8. The van der Waals surface area contributed by atoms with Gasteiger partial charge in [0.2, 0.25) is 0 Å². The van der Waals surface area contributed by atoms with Crippen molar-refractivity contribution in [3.05, 3.63) is 57.6 Å². The van der Waals surface area contributed by atoms with Crippen molar-refractivity contribution in [2.24, 2.45) is 5.10 Å². The van der Waals surface area contributed by atoms with Crippen LogP contribution in [0.2, 0.25) is 0 Å². The van der Waals surface area contributed by atoms with Crippen molar-refractivity contribution in [3.8, 4) is 5.75 Å².